The van der Waals surface area contributed by atoms with Crippen LogP contribution in [0.5, 0.6) is 0 Å². The van der Waals surface area contributed by atoms with E-state index in [1.165, 1.54) is 0 Å². The second-order valence-corrected chi connectivity index (χ2v) is 7.08. The number of amides is 1. The van der Waals surface area contributed by atoms with Gasteiger partial charge in [0.1, 0.15) is 6.54 Å². The summed E-state index contributed by atoms with van der Waals surface area (Å²) in [6.07, 6.45) is -2.92. The van der Waals surface area contributed by atoms with E-state index < -0.39 is 12.1 Å². The lowest BCUT2D eigenvalue weighted by atomic mass is 10.1. The quantitative estimate of drug-likeness (QED) is 0.472. The van der Waals surface area contributed by atoms with E-state index in [1.807, 2.05) is 6.92 Å². The van der Waals surface area contributed by atoms with E-state index >= 15 is 0 Å². The Morgan fingerprint density at radius 1 is 1.20 bits per heavy atom. The number of nitrogens with zero attached hydrogens (tertiary/aromatic N) is 3. The number of aryl methyl sites for hydroxylation is 1. The number of anilines is 1. The van der Waals surface area contributed by atoms with E-state index in [4.69, 9.17) is 11.6 Å². The Morgan fingerprint density at radius 3 is 2.60 bits per heavy atom. The molecule has 4 rings (SSSR count). The van der Waals surface area contributed by atoms with Gasteiger partial charge in [-0.1, -0.05) is 28.9 Å². The lowest BCUT2D eigenvalue weighted by Gasteiger charge is -2.08. The molecule has 0 saturated heterocycles. The van der Waals surface area contributed by atoms with Crippen LogP contribution >= 0.6 is 11.6 Å². The molecule has 0 unspecified atom stereocenters. The Morgan fingerprint density at radius 2 is 1.93 bits per heavy atom. The van der Waals surface area contributed by atoms with Crippen LogP contribution in [0.1, 0.15) is 11.5 Å². The molecule has 0 fully saturated rings. The van der Waals surface area contributed by atoms with Crippen molar-refractivity contribution in [2.24, 2.45) is 0 Å². The van der Waals surface area contributed by atoms with E-state index in [2.05, 4.69) is 20.0 Å². The van der Waals surface area contributed by atoms with Crippen LogP contribution in [0.4, 0.5) is 18.9 Å². The molecule has 154 valence electrons. The fourth-order valence-corrected chi connectivity index (χ4v) is 3.22. The minimum absolute atomic E-state index is 0.0104. The zero-order chi connectivity index (χ0) is 21.5. The van der Waals surface area contributed by atoms with Crippen molar-refractivity contribution >= 4 is 34.1 Å². The Hall–Kier alpha value is -3.33. The van der Waals surface area contributed by atoms with Crippen molar-refractivity contribution in [3.8, 4) is 11.4 Å². The normalized spacial score (nSPS) is 11.8. The summed E-state index contributed by atoms with van der Waals surface area (Å²) in [5, 5.41) is 7.61. The molecule has 2 heterocycles. The van der Waals surface area contributed by atoms with Crippen molar-refractivity contribution in [3.05, 3.63) is 65.1 Å². The monoisotopic (exact) mass is 434 g/mol. The molecule has 0 atom stereocenters. The number of aromatic nitrogens is 3. The molecule has 0 radical (unpaired) electrons. The van der Waals surface area contributed by atoms with Crippen molar-refractivity contribution in [1.82, 2.24) is 14.7 Å². The lowest BCUT2D eigenvalue weighted by molar-refractivity contribution is -0.159. The molecule has 10 heteroatoms. The fourth-order valence-electron chi connectivity index (χ4n) is 3.09. The number of carbonyl (C=O) groups excluding carboxylic acids is 1. The average molecular weight is 435 g/mol. The van der Waals surface area contributed by atoms with Gasteiger partial charge in [0, 0.05) is 33.4 Å². The standard InChI is InChI=1S/C20H14ClF3N4O2/c1-11-9-28(10-17(29)25-14-5-3-13(21)4-6-14)16-8-12(2-7-15(11)16)18-26-19(30-27-18)20(22,23)24/h2-9H,10H2,1H3,(H,25,29). The van der Waals surface area contributed by atoms with Crippen molar-refractivity contribution < 1.29 is 22.5 Å². The first-order valence-corrected chi connectivity index (χ1v) is 9.15. The van der Waals surface area contributed by atoms with Gasteiger partial charge in [0.15, 0.2) is 0 Å². The largest absolute Gasteiger partial charge is 0.471 e. The molecule has 4 aromatic rings. The minimum Gasteiger partial charge on any atom is -0.338 e. The first kappa shape index (κ1) is 20.0. The topological polar surface area (TPSA) is 73.0 Å². The molecular weight excluding hydrogens is 421 g/mol. The molecule has 2 aromatic heterocycles. The molecule has 0 spiro atoms. The van der Waals surface area contributed by atoms with Crippen LogP contribution in [0.25, 0.3) is 22.3 Å². The van der Waals surface area contributed by atoms with Crippen LogP contribution in [-0.4, -0.2) is 20.6 Å². The molecular formula is C20H14ClF3N4O2. The van der Waals surface area contributed by atoms with Crippen LogP contribution in [0.15, 0.2) is 53.2 Å². The SMILES string of the molecule is Cc1cn(CC(=O)Nc2ccc(Cl)cc2)c2cc(-c3noc(C(F)(F)F)n3)ccc12. The molecule has 6 nitrogen and oxygen atoms in total. The number of halogens is 4. The molecule has 0 saturated carbocycles. The maximum Gasteiger partial charge on any atom is 0.471 e. The maximum absolute atomic E-state index is 12.7. The Bertz CT molecular complexity index is 1230. The van der Waals surface area contributed by atoms with Crippen LogP contribution in [0.2, 0.25) is 5.02 Å². The zero-order valence-corrected chi connectivity index (χ0v) is 16.3. The van der Waals surface area contributed by atoms with Crippen molar-refractivity contribution in [2.45, 2.75) is 19.6 Å². The average Bonchev–Trinajstić information content (AvgIpc) is 3.29. The number of benzene rings is 2. The minimum atomic E-state index is -4.72. The molecule has 0 aliphatic rings. The highest BCUT2D eigenvalue weighted by Gasteiger charge is 2.38. The highest BCUT2D eigenvalue weighted by atomic mass is 35.5. The first-order valence-electron chi connectivity index (χ1n) is 8.77. The van der Waals surface area contributed by atoms with Crippen molar-refractivity contribution in [1.29, 1.82) is 0 Å². The van der Waals surface area contributed by atoms with Gasteiger partial charge < -0.3 is 14.4 Å². The van der Waals surface area contributed by atoms with Crippen LogP contribution in [0, 0.1) is 6.92 Å². The number of rotatable bonds is 4. The van der Waals surface area contributed by atoms with Gasteiger partial charge in [0.25, 0.3) is 0 Å². The highest BCUT2D eigenvalue weighted by molar-refractivity contribution is 6.30. The van der Waals surface area contributed by atoms with E-state index in [1.54, 1.807) is 53.2 Å². The fraction of sp³-hybridized carbons (Fsp3) is 0.150. The van der Waals surface area contributed by atoms with E-state index in [0.29, 0.717) is 21.8 Å². The van der Waals surface area contributed by atoms with Gasteiger partial charge in [-0.15, -0.1) is 0 Å². The van der Waals surface area contributed by atoms with Crippen molar-refractivity contribution in [2.75, 3.05) is 5.32 Å². The summed E-state index contributed by atoms with van der Waals surface area (Å²) in [5.74, 6) is -1.86. The van der Waals surface area contributed by atoms with Crippen LogP contribution < -0.4 is 5.32 Å². The summed E-state index contributed by atoms with van der Waals surface area (Å²) in [6.45, 7) is 1.89. The van der Waals surface area contributed by atoms with E-state index in [9.17, 15) is 18.0 Å². The van der Waals surface area contributed by atoms with Crippen molar-refractivity contribution in [3.63, 3.8) is 0 Å². The maximum atomic E-state index is 12.7. The number of nitrogens with one attached hydrogen (secondary N) is 1. The Balaban J connectivity index is 1.62. The second-order valence-electron chi connectivity index (χ2n) is 6.65. The molecule has 1 amide bonds. The zero-order valence-electron chi connectivity index (χ0n) is 15.5. The summed E-state index contributed by atoms with van der Waals surface area (Å²) < 4.78 is 44.2. The van der Waals surface area contributed by atoms with Gasteiger partial charge in [-0.2, -0.15) is 18.2 Å². The summed E-state index contributed by atoms with van der Waals surface area (Å²) in [4.78, 5) is 15.9. The molecule has 0 bridgehead atoms. The highest BCUT2D eigenvalue weighted by Crippen LogP contribution is 2.31. The summed E-state index contributed by atoms with van der Waals surface area (Å²) in [6, 6.07) is 11.7. The Labute approximate surface area is 173 Å². The van der Waals surface area contributed by atoms with Crippen LogP contribution in [-0.2, 0) is 17.5 Å². The lowest BCUT2D eigenvalue weighted by Crippen LogP contribution is -2.18. The number of carbonyl (C=O) groups is 1. The van der Waals surface area contributed by atoms with E-state index in [0.717, 1.165) is 10.9 Å². The molecule has 1 N–H and O–H groups in total. The summed E-state index contributed by atoms with van der Waals surface area (Å²) in [7, 11) is 0. The predicted molar refractivity (Wildman–Crippen MR) is 105 cm³/mol. The number of hydrogen-bond acceptors (Lipinski definition) is 4. The van der Waals surface area contributed by atoms with Gasteiger partial charge in [0.05, 0.1) is 0 Å². The number of hydrogen-bond donors (Lipinski definition) is 1. The van der Waals surface area contributed by atoms with E-state index in [-0.39, 0.29) is 18.3 Å². The predicted octanol–water partition coefficient (Wildman–Crippen LogP) is 5.31. The van der Waals surface area contributed by atoms with Crippen LogP contribution in [0.3, 0.4) is 0 Å². The van der Waals surface area contributed by atoms with Gasteiger partial charge in [-0.05, 0) is 42.8 Å². The summed E-state index contributed by atoms with van der Waals surface area (Å²) >= 11 is 5.84. The molecule has 30 heavy (non-hydrogen) atoms. The Kier molecular flexibility index (Phi) is 4.98. The third kappa shape index (κ3) is 4.02. The third-order valence-corrected chi connectivity index (χ3v) is 4.70. The molecule has 0 aliphatic heterocycles. The third-order valence-electron chi connectivity index (χ3n) is 4.45. The first-order chi connectivity index (χ1) is 14.2. The van der Waals surface area contributed by atoms with Gasteiger partial charge >= 0.3 is 12.1 Å². The smallest absolute Gasteiger partial charge is 0.338 e. The molecule has 0 aliphatic carbocycles. The number of fused-ring (bicyclic) bond motifs is 1. The number of alkyl halides is 3. The molecule has 2 aromatic carbocycles. The van der Waals surface area contributed by atoms with Gasteiger partial charge in [0.2, 0.25) is 11.7 Å². The van der Waals surface area contributed by atoms with Gasteiger partial charge in [-0.3, -0.25) is 4.79 Å². The second kappa shape index (κ2) is 7.49. The summed E-state index contributed by atoms with van der Waals surface area (Å²) in [5.41, 5.74) is 2.53. The van der Waals surface area contributed by atoms with Gasteiger partial charge in [-0.25, -0.2) is 0 Å².